The third kappa shape index (κ3) is 4.03. The molecule has 1 aliphatic rings. The number of rotatable bonds is 5. The first kappa shape index (κ1) is 21.4. The summed E-state index contributed by atoms with van der Waals surface area (Å²) in [6.07, 6.45) is 3.21. The maximum Gasteiger partial charge on any atom is 0.258 e. The van der Waals surface area contributed by atoms with Gasteiger partial charge in [-0.05, 0) is 51.2 Å². The van der Waals surface area contributed by atoms with Gasteiger partial charge in [0.2, 0.25) is 0 Å². The predicted octanol–water partition coefficient (Wildman–Crippen LogP) is 3.22. The van der Waals surface area contributed by atoms with Crippen molar-refractivity contribution in [1.82, 2.24) is 24.5 Å². The van der Waals surface area contributed by atoms with E-state index in [4.69, 9.17) is 5.73 Å². The van der Waals surface area contributed by atoms with Gasteiger partial charge in [-0.2, -0.15) is 5.10 Å². The topological polar surface area (TPSA) is 105 Å². The van der Waals surface area contributed by atoms with E-state index in [9.17, 15) is 4.79 Å². The Kier molecular flexibility index (Phi) is 5.47. The number of benzene rings is 1. The smallest absolute Gasteiger partial charge is 0.258 e. The van der Waals surface area contributed by atoms with E-state index in [1.807, 2.05) is 5.38 Å². The number of thiophene rings is 1. The van der Waals surface area contributed by atoms with Crippen LogP contribution in [0.2, 0.25) is 0 Å². The predicted molar refractivity (Wildman–Crippen MR) is 131 cm³/mol. The molecule has 33 heavy (non-hydrogen) atoms. The molecule has 1 aromatic carbocycles. The quantitative estimate of drug-likeness (QED) is 0.469. The van der Waals surface area contributed by atoms with E-state index in [0.717, 1.165) is 30.0 Å². The molecule has 0 saturated carbocycles. The summed E-state index contributed by atoms with van der Waals surface area (Å²) in [7, 11) is 2.18. The number of carbonyl (C=O) groups is 1. The van der Waals surface area contributed by atoms with Crippen molar-refractivity contribution < 1.29 is 4.79 Å². The molecule has 1 saturated heterocycles. The molecule has 0 aliphatic carbocycles. The molecular formula is C23H26N8OS. The van der Waals surface area contributed by atoms with Crippen molar-refractivity contribution >= 4 is 40.1 Å². The molecule has 170 valence electrons. The van der Waals surface area contributed by atoms with Crippen molar-refractivity contribution in [2.45, 2.75) is 25.9 Å². The molecule has 3 N–H and O–H groups in total. The van der Waals surface area contributed by atoms with E-state index >= 15 is 0 Å². The lowest BCUT2D eigenvalue weighted by Gasteiger charge is -2.43. The molecule has 2 atom stereocenters. The fraction of sp³-hybridized carbons (Fsp3) is 0.304. The Morgan fingerprint density at radius 1 is 1.15 bits per heavy atom. The molecule has 0 unspecified atom stereocenters. The molecule has 4 aromatic rings. The van der Waals surface area contributed by atoms with Gasteiger partial charge in [0.1, 0.15) is 6.33 Å². The van der Waals surface area contributed by atoms with Crippen LogP contribution in [0.15, 0.2) is 48.2 Å². The summed E-state index contributed by atoms with van der Waals surface area (Å²) >= 11 is 1.30. The van der Waals surface area contributed by atoms with E-state index in [1.165, 1.54) is 23.4 Å². The van der Waals surface area contributed by atoms with Crippen LogP contribution in [-0.2, 0) is 0 Å². The van der Waals surface area contributed by atoms with E-state index in [2.05, 4.69) is 75.3 Å². The Balaban J connectivity index is 1.39. The van der Waals surface area contributed by atoms with Gasteiger partial charge in [0.05, 0.1) is 16.8 Å². The van der Waals surface area contributed by atoms with E-state index in [0.29, 0.717) is 28.4 Å². The number of amides is 1. The summed E-state index contributed by atoms with van der Waals surface area (Å²) in [4.78, 5) is 25.8. The number of nitrogens with two attached hydrogens (primary N) is 1. The fourth-order valence-corrected chi connectivity index (χ4v) is 4.99. The average Bonchev–Trinajstić information content (AvgIpc) is 3.48. The number of carbonyl (C=O) groups excluding carboxylic acids is 1. The monoisotopic (exact) mass is 462 g/mol. The molecule has 1 fully saturated rings. The highest BCUT2D eigenvalue weighted by Gasteiger charge is 2.26. The minimum atomic E-state index is -0.448. The zero-order valence-electron chi connectivity index (χ0n) is 18.8. The zero-order chi connectivity index (χ0) is 23.1. The molecular weight excluding hydrogens is 436 g/mol. The van der Waals surface area contributed by atoms with Crippen LogP contribution in [-0.4, -0.2) is 62.6 Å². The standard InChI is InChI=1S/C23H26N8OS/c1-14-11-30(15(2)10-29(14)3)18-6-4-17(5-7-18)28-22-23-26-13-27-31(23)19(9-25-22)16-8-20(21(24)32)33-12-16/h4-9,12-15H,10-11H2,1-3H3,(H2,24,32)(H,25,28)/t14-,15+/m1/s1. The third-order valence-electron chi connectivity index (χ3n) is 6.20. The Morgan fingerprint density at radius 3 is 2.67 bits per heavy atom. The van der Waals surface area contributed by atoms with Gasteiger partial charge in [0, 0.05) is 47.5 Å². The molecule has 10 heteroatoms. The van der Waals surface area contributed by atoms with Gasteiger partial charge in [-0.15, -0.1) is 11.3 Å². The first-order valence-corrected chi connectivity index (χ1v) is 11.7. The van der Waals surface area contributed by atoms with E-state index < -0.39 is 5.91 Å². The Hall–Kier alpha value is -3.50. The number of hydrogen-bond acceptors (Lipinski definition) is 8. The number of hydrogen-bond donors (Lipinski definition) is 2. The Bertz CT molecular complexity index is 1300. The third-order valence-corrected chi connectivity index (χ3v) is 7.15. The van der Waals surface area contributed by atoms with Crippen molar-refractivity contribution in [3.63, 3.8) is 0 Å². The van der Waals surface area contributed by atoms with Crippen LogP contribution in [0.5, 0.6) is 0 Å². The molecule has 0 spiro atoms. The van der Waals surface area contributed by atoms with Crippen LogP contribution < -0.4 is 16.0 Å². The summed E-state index contributed by atoms with van der Waals surface area (Å²) in [6.45, 7) is 6.59. The molecule has 0 radical (unpaired) electrons. The van der Waals surface area contributed by atoms with Crippen molar-refractivity contribution in [2.24, 2.45) is 5.73 Å². The maximum absolute atomic E-state index is 11.5. The van der Waals surface area contributed by atoms with Gasteiger partial charge >= 0.3 is 0 Å². The van der Waals surface area contributed by atoms with Crippen LogP contribution in [0, 0.1) is 0 Å². The number of aromatic nitrogens is 4. The lowest BCUT2D eigenvalue weighted by atomic mass is 10.1. The van der Waals surface area contributed by atoms with Gasteiger partial charge < -0.3 is 16.0 Å². The number of primary amides is 1. The molecule has 4 heterocycles. The number of nitrogens with zero attached hydrogens (tertiary/aromatic N) is 6. The Labute approximate surface area is 195 Å². The second-order valence-electron chi connectivity index (χ2n) is 8.51. The van der Waals surface area contributed by atoms with Gasteiger partial charge in [-0.25, -0.2) is 14.5 Å². The summed E-state index contributed by atoms with van der Waals surface area (Å²) < 4.78 is 1.71. The molecule has 0 bridgehead atoms. The number of nitrogens with one attached hydrogen (secondary N) is 1. The highest BCUT2D eigenvalue weighted by Crippen LogP contribution is 2.29. The number of piperazine rings is 1. The van der Waals surface area contributed by atoms with Crippen LogP contribution in [0.1, 0.15) is 23.5 Å². The van der Waals surface area contributed by atoms with Crippen LogP contribution in [0.3, 0.4) is 0 Å². The summed E-state index contributed by atoms with van der Waals surface area (Å²) in [5.41, 5.74) is 9.69. The van der Waals surface area contributed by atoms with Crippen molar-refractivity contribution in [1.29, 1.82) is 0 Å². The normalized spacial score (nSPS) is 19.2. The molecule has 1 amide bonds. The van der Waals surface area contributed by atoms with Crippen molar-refractivity contribution in [2.75, 3.05) is 30.4 Å². The Morgan fingerprint density at radius 2 is 1.94 bits per heavy atom. The van der Waals surface area contributed by atoms with E-state index in [1.54, 1.807) is 16.8 Å². The first-order chi connectivity index (χ1) is 15.9. The maximum atomic E-state index is 11.5. The zero-order valence-corrected chi connectivity index (χ0v) is 19.6. The lowest BCUT2D eigenvalue weighted by molar-refractivity contribution is 0.100. The fourth-order valence-electron chi connectivity index (χ4n) is 4.23. The number of anilines is 3. The highest BCUT2D eigenvalue weighted by molar-refractivity contribution is 7.12. The molecule has 9 nitrogen and oxygen atoms in total. The van der Waals surface area contributed by atoms with Crippen LogP contribution in [0.25, 0.3) is 16.9 Å². The van der Waals surface area contributed by atoms with Gasteiger partial charge in [-0.3, -0.25) is 9.69 Å². The van der Waals surface area contributed by atoms with Crippen molar-refractivity contribution in [3.8, 4) is 11.3 Å². The van der Waals surface area contributed by atoms with Crippen LogP contribution in [0.4, 0.5) is 17.2 Å². The second-order valence-corrected chi connectivity index (χ2v) is 9.42. The van der Waals surface area contributed by atoms with Gasteiger partial charge in [0.15, 0.2) is 11.5 Å². The minimum absolute atomic E-state index is 0.448. The van der Waals surface area contributed by atoms with Crippen LogP contribution >= 0.6 is 11.3 Å². The SMILES string of the molecule is C[C@@H]1CN(c2ccc(Nc3ncc(-c4csc(C(N)=O)c4)n4ncnc34)cc2)[C@@H](C)CN1C. The largest absolute Gasteiger partial charge is 0.366 e. The van der Waals surface area contributed by atoms with Crippen molar-refractivity contribution in [3.05, 3.63) is 53.1 Å². The average molecular weight is 463 g/mol. The summed E-state index contributed by atoms with van der Waals surface area (Å²) in [5, 5.41) is 9.58. The molecule has 3 aromatic heterocycles. The second kappa shape index (κ2) is 8.45. The lowest BCUT2D eigenvalue weighted by Crippen LogP contribution is -2.55. The van der Waals surface area contributed by atoms with Gasteiger partial charge in [0.25, 0.3) is 5.91 Å². The number of fused-ring (bicyclic) bond motifs is 1. The first-order valence-electron chi connectivity index (χ1n) is 10.8. The summed E-state index contributed by atoms with van der Waals surface area (Å²) in [5.74, 6) is 0.159. The minimum Gasteiger partial charge on any atom is -0.366 e. The highest BCUT2D eigenvalue weighted by atomic mass is 32.1. The summed E-state index contributed by atoms with van der Waals surface area (Å²) in [6, 6.07) is 11.1. The molecule has 5 rings (SSSR count). The number of likely N-dealkylation sites (N-methyl/N-ethyl adjacent to an activating group) is 1. The van der Waals surface area contributed by atoms with Gasteiger partial charge in [-0.1, -0.05) is 0 Å². The van der Waals surface area contributed by atoms with E-state index in [-0.39, 0.29) is 0 Å². The molecule has 1 aliphatic heterocycles.